The van der Waals surface area contributed by atoms with Gasteiger partial charge >= 0.3 is 0 Å². The number of nitrogens with one attached hydrogen (secondary N) is 1. The van der Waals surface area contributed by atoms with Crippen LogP contribution in [-0.4, -0.2) is 34.1 Å². The van der Waals surface area contributed by atoms with Crippen LogP contribution in [0.2, 0.25) is 0 Å². The molecular weight excluding hydrogens is 338 g/mol. The Labute approximate surface area is 158 Å². The first-order valence-corrected chi connectivity index (χ1v) is 9.53. The summed E-state index contributed by atoms with van der Waals surface area (Å²) in [5.41, 5.74) is 1.45. The Balaban J connectivity index is 1.41. The van der Waals surface area contributed by atoms with Crippen molar-refractivity contribution in [1.29, 1.82) is 0 Å². The van der Waals surface area contributed by atoms with Gasteiger partial charge in [0, 0.05) is 18.5 Å². The van der Waals surface area contributed by atoms with Crippen molar-refractivity contribution in [3.8, 4) is 0 Å². The maximum absolute atomic E-state index is 13.0. The number of benzene rings is 2. The topological polar surface area (TPSA) is 66.1 Å². The zero-order valence-electron chi connectivity index (χ0n) is 15.2. The van der Waals surface area contributed by atoms with Crippen LogP contribution in [0.15, 0.2) is 59.4 Å². The monoisotopic (exact) mass is 361 g/mol. The number of aromatic nitrogens is 2. The minimum absolute atomic E-state index is 0.0936. The number of piperidine rings is 1. The van der Waals surface area contributed by atoms with Crippen LogP contribution in [0.1, 0.15) is 35.3 Å². The Hall–Kier alpha value is -2.95. The number of amides is 1. The third-order valence-electron chi connectivity index (χ3n) is 5.48. The lowest BCUT2D eigenvalue weighted by Crippen LogP contribution is -2.39. The van der Waals surface area contributed by atoms with Crippen molar-refractivity contribution >= 4 is 16.7 Å². The van der Waals surface area contributed by atoms with Gasteiger partial charge in [0.25, 0.3) is 11.5 Å². The van der Waals surface area contributed by atoms with Crippen molar-refractivity contribution in [2.45, 2.75) is 25.7 Å². The summed E-state index contributed by atoms with van der Waals surface area (Å²) < 4.78 is 0. The first-order chi connectivity index (χ1) is 13.2. The normalized spacial score (nSPS) is 15.2. The molecule has 3 aromatic rings. The predicted molar refractivity (Wildman–Crippen MR) is 106 cm³/mol. The standard InChI is InChI=1S/C22H23N3O2/c26-21-19-9-5-4-8-18(19)20(23-24-21)22(27)25-14-12-17(13-15-25)11-10-16-6-2-1-3-7-16/h1-9,17H,10-15H2,(H,24,26). The van der Waals surface area contributed by atoms with Gasteiger partial charge in [-0.2, -0.15) is 5.10 Å². The third-order valence-corrected chi connectivity index (χ3v) is 5.48. The SMILES string of the molecule is O=C(c1n[nH]c(=O)c2ccccc12)N1CCC(CCc2ccccc2)CC1. The van der Waals surface area contributed by atoms with Crippen LogP contribution >= 0.6 is 0 Å². The van der Waals surface area contributed by atoms with E-state index in [1.165, 1.54) is 5.56 Å². The fourth-order valence-electron chi connectivity index (χ4n) is 3.87. The second kappa shape index (κ2) is 7.74. The lowest BCUT2D eigenvalue weighted by atomic mass is 9.90. The van der Waals surface area contributed by atoms with Crippen molar-refractivity contribution in [1.82, 2.24) is 15.1 Å². The molecule has 5 nitrogen and oxygen atoms in total. The Bertz CT molecular complexity index is 989. The summed E-state index contributed by atoms with van der Waals surface area (Å²) in [6, 6.07) is 17.7. The molecule has 0 saturated carbocycles. The average molecular weight is 361 g/mol. The van der Waals surface area contributed by atoms with Crippen molar-refractivity contribution in [3.05, 3.63) is 76.2 Å². The van der Waals surface area contributed by atoms with Gasteiger partial charge < -0.3 is 4.90 Å². The fourth-order valence-corrected chi connectivity index (χ4v) is 3.87. The minimum Gasteiger partial charge on any atom is -0.337 e. The van der Waals surface area contributed by atoms with Gasteiger partial charge in [0.15, 0.2) is 5.69 Å². The Morgan fingerprint density at radius 3 is 2.41 bits per heavy atom. The van der Waals surface area contributed by atoms with E-state index >= 15 is 0 Å². The van der Waals surface area contributed by atoms with E-state index < -0.39 is 0 Å². The highest BCUT2D eigenvalue weighted by molar-refractivity contribution is 6.04. The van der Waals surface area contributed by atoms with Gasteiger partial charge in [-0.1, -0.05) is 48.5 Å². The van der Waals surface area contributed by atoms with Crippen LogP contribution in [-0.2, 0) is 6.42 Å². The van der Waals surface area contributed by atoms with Crippen molar-refractivity contribution < 1.29 is 4.79 Å². The molecular formula is C22H23N3O2. The maximum Gasteiger partial charge on any atom is 0.274 e. The summed E-state index contributed by atoms with van der Waals surface area (Å²) in [6.07, 6.45) is 4.27. The van der Waals surface area contributed by atoms with Gasteiger partial charge in [-0.15, -0.1) is 0 Å². The first kappa shape index (κ1) is 17.5. The maximum atomic E-state index is 13.0. The minimum atomic E-state index is -0.262. The van der Waals surface area contributed by atoms with E-state index in [1.807, 2.05) is 17.0 Å². The smallest absolute Gasteiger partial charge is 0.274 e. The van der Waals surface area contributed by atoms with Gasteiger partial charge in [-0.05, 0) is 43.2 Å². The zero-order chi connectivity index (χ0) is 18.6. The van der Waals surface area contributed by atoms with E-state index in [4.69, 9.17) is 0 Å². The zero-order valence-corrected chi connectivity index (χ0v) is 15.2. The molecule has 1 fully saturated rings. The number of nitrogens with zero attached hydrogens (tertiary/aromatic N) is 2. The number of carbonyl (C=O) groups is 1. The summed E-state index contributed by atoms with van der Waals surface area (Å²) in [4.78, 5) is 26.7. The van der Waals surface area contributed by atoms with Crippen LogP contribution < -0.4 is 5.56 Å². The molecule has 0 atom stereocenters. The predicted octanol–water partition coefficient (Wildman–Crippen LogP) is 3.41. The molecule has 1 aliphatic rings. The molecule has 1 saturated heterocycles. The number of aryl methyl sites for hydroxylation is 1. The van der Waals surface area contributed by atoms with Gasteiger partial charge in [0.2, 0.25) is 0 Å². The molecule has 1 N–H and O–H groups in total. The summed E-state index contributed by atoms with van der Waals surface area (Å²) in [7, 11) is 0. The van der Waals surface area contributed by atoms with E-state index in [0.29, 0.717) is 22.4 Å². The highest BCUT2D eigenvalue weighted by Gasteiger charge is 2.25. The van der Waals surface area contributed by atoms with E-state index in [9.17, 15) is 9.59 Å². The number of rotatable bonds is 4. The molecule has 138 valence electrons. The summed E-state index contributed by atoms with van der Waals surface area (Å²) in [5, 5.41) is 7.64. The number of H-pyrrole nitrogens is 1. The van der Waals surface area contributed by atoms with E-state index in [2.05, 4.69) is 34.5 Å². The molecule has 0 spiro atoms. The lowest BCUT2D eigenvalue weighted by molar-refractivity contribution is 0.0682. The van der Waals surface area contributed by atoms with Gasteiger partial charge in [0.05, 0.1) is 5.39 Å². The number of carbonyl (C=O) groups excluding carboxylic acids is 1. The molecule has 2 heterocycles. The molecule has 0 bridgehead atoms. The molecule has 0 aliphatic carbocycles. The highest BCUT2D eigenvalue weighted by Crippen LogP contribution is 2.24. The van der Waals surface area contributed by atoms with Gasteiger partial charge in [-0.3, -0.25) is 9.59 Å². The lowest BCUT2D eigenvalue weighted by Gasteiger charge is -2.32. The number of likely N-dealkylation sites (tertiary alicyclic amines) is 1. The largest absolute Gasteiger partial charge is 0.337 e. The second-order valence-electron chi connectivity index (χ2n) is 7.21. The average Bonchev–Trinajstić information content (AvgIpc) is 2.73. The van der Waals surface area contributed by atoms with Crippen molar-refractivity contribution in [2.24, 2.45) is 5.92 Å². The number of fused-ring (bicyclic) bond motifs is 1. The molecule has 4 rings (SSSR count). The third kappa shape index (κ3) is 3.77. The number of hydrogen-bond acceptors (Lipinski definition) is 3. The number of hydrogen-bond donors (Lipinski definition) is 1. The van der Waals surface area contributed by atoms with Gasteiger partial charge in [0.1, 0.15) is 0 Å². The van der Waals surface area contributed by atoms with E-state index in [-0.39, 0.29) is 11.5 Å². The molecule has 5 heteroatoms. The summed E-state index contributed by atoms with van der Waals surface area (Å²) >= 11 is 0. The van der Waals surface area contributed by atoms with E-state index in [0.717, 1.165) is 38.8 Å². The summed E-state index contributed by atoms with van der Waals surface area (Å²) in [5.74, 6) is 0.554. The second-order valence-corrected chi connectivity index (χ2v) is 7.21. The first-order valence-electron chi connectivity index (χ1n) is 9.53. The van der Waals surface area contributed by atoms with Crippen LogP contribution in [0.3, 0.4) is 0 Å². The van der Waals surface area contributed by atoms with Crippen LogP contribution in [0, 0.1) is 5.92 Å². The molecule has 1 amide bonds. The quantitative estimate of drug-likeness (QED) is 0.774. The molecule has 1 aromatic heterocycles. The summed E-state index contributed by atoms with van der Waals surface area (Å²) in [6.45, 7) is 1.49. The Kier molecular flexibility index (Phi) is 5.01. The van der Waals surface area contributed by atoms with Crippen LogP contribution in [0.25, 0.3) is 10.8 Å². The van der Waals surface area contributed by atoms with Crippen LogP contribution in [0.4, 0.5) is 0 Å². The molecule has 0 unspecified atom stereocenters. The van der Waals surface area contributed by atoms with Crippen molar-refractivity contribution in [3.63, 3.8) is 0 Å². The fraction of sp³-hybridized carbons (Fsp3) is 0.318. The highest BCUT2D eigenvalue weighted by atomic mass is 16.2. The van der Waals surface area contributed by atoms with E-state index in [1.54, 1.807) is 18.2 Å². The van der Waals surface area contributed by atoms with Crippen LogP contribution in [0.5, 0.6) is 0 Å². The van der Waals surface area contributed by atoms with Gasteiger partial charge in [-0.25, -0.2) is 5.10 Å². The molecule has 0 radical (unpaired) electrons. The molecule has 1 aliphatic heterocycles. The Morgan fingerprint density at radius 1 is 1.00 bits per heavy atom. The van der Waals surface area contributed by atoms with Crippen molar-refractivity contribution in [2.75, 3.05) is 13.1 Å². The molecule has 27 heavy (non-hydrogen) atoms. The Morgan fingerprint density at radius 2 is 1.67 bits per heavy atom. The number of aromatic amines is 1. The molecule has 2 aromatic carbocycles.